The average Bonchev–Trinajstić information content (AvgIpc) is 2.76. The molecule has 20 heavy (non-hydrogen) atoms. The van der Waals surface area contributed by atoms with E-state index in [2.05, 4.69) is 4.98 Å². The first-order chi connectivity index (χ1) is 9.54. The van der Waals surface area contributed by atoms with Gasteiger partial charge in [-0.05, 0) is 25.5 Å². The van der Waals surface area contributed by atoms with Gasteiger partial charge in [-0.1, -0.05) is 6.07 Å². The Bertz CT molecular complexity index is 629. The Morgan fingerprint density at radius 1 is 1.50 bits per heavy atom. The van der Waals surface area contributed by atoms with Gasteiger partial charge >= 0.3 is 0 Å². The van der Waals surface area contributed by atoms with Crippen LogP contribution in [-0.4, -0.2) is 31.6 Å². The summed E-state index contributed by atoms with van der Waals surface area (Å²) in [6, 6.07) is 5.08. The van der Waals surface area contributed by atoms with Crippen LogP contribution in [0.5, 0.6) is 0 Å². The molecule has 1 aromatic carbocycles. The summed E-state index contributed by atoms with van der Waals surface area (Å²) >= 11 is 5.81. The number of rotatable bonds is 6. The lowest BCUT2D eigenvalue weighted by Gasteiger charge is -2.17. The average molecular weight is 317 g/mol. The summed E-state index contributed by atoms with van der Waals surface area (Å²) in [5, 5.41) is 0. The van der Waals surface area contributed by atoms with Gasteiger partial charge in [-0.15, -0.1) is 11.6 Å². The molecule has 1 aromatic heterocycles. The van der Waals surface area contributed by atoms with Crippen molar-refractivity contribution in [1.29, 1.82) is 0 Å². The van der Waals surface area contributed by atoms with Crippen molar-refractivity contribution in [2.45, 2.75) is 25.8 Å². The predicted molar refractivity (Wildman–Crippen MR) is 82.4 cm³/mol. The molecule has 0 fully saturated rings. The van der Waals surface area contributed by atoms with E-state index >= 15 is 0 Å². The molecule has 0 saturated carbocycles. The Morgan fingerprint density at radius 2 is 2.25 bits per heavy atom. The topological polar surface area (TPSA) is 34.9 Å². The van der Waals surface area contributed by atoms with Gasteiger partial charge in [0.2, 0.25) is 0 Å². The van der Waals surface area contributed by atoms with E-state index in [0.717, 1.165) is 17.8 Å². The summed E-state index contributed by atoms with van der Waals surface area (Å²) < 4.78 is 27.1. The van der Waals surface area contributed by atoms with Crippen LogP contribution in [0.1, 0.15) is 25.2 Å². The Morgan fingerprint density at radius 3 is 2.90 bits per heavy atom. The first-order valence-corrected chi connectivity index (χ1v) is 8.82. The quantitative estimate of drug-likeness (QED) is 0.767. The minimum Gasteiger partial charge on any atom is -0.325 e. The number of imidazole rings is 1. The van der Waals surface area contributed by atoms with Crippen molar-refractivity contribution in [2.75, 3.05) is 17.9 Å². The van der Waals surface area contributed by atoms with Crippen LogP contribution in [0, 0.1) is 5.82 Å². The number of hydrogen-bond acceptors (Lipinski definition) is 2. The van der Waals surface area contributed by atoms with E-state index in [0.29, 0.717) is 23.6 Å². The number of alkyl halides is 1. The largest absolute Gasteiger partial charge is 0.325 e. The molecule has 0 aliphatic carbocycles. The number of hydrogen-bond donors (Lipinski definition) is 0. The van der Waals surface area contributed by atoms with Crippen LogP contribution < -0.4 is 0 Å². The van der Waals surface area contributed by atoms with Crippen LogP contribution in [0.3, 0.4) is 0 Å². The zero-order valence-electron chi connectivity index (χ0n) is 11.6. The molecule has 2 aromatic rings. The lowest BCUT2D eigenvalue weighted by molar-refractivity contribution is 0.525. The van der Waals surface area contributed by atoms with Crippen LogP contribution in [0.25, 0.3) is 11.0 Å². The van der Waals surface area contributed by atoms with E-state index in [1.54, 1.807) is 12.3 Å². The van der Waals surface area contributed by atoms with Crippen molar-refractivity contribution >= 4 is 33.4 Å². The second kappa shape index (κ2) is 6.68. The third-order valence-electron chi connectivity index (χ3n) is 3.33. The molecule has 0 saturated heterocycles. The fourth-order valence-electron chi connectivity index (χ4n) is 2.35. The minimum absolute atomic E-state index is 0.115. The number of nitrogens with zero attached hydrogens (tertiary/aromatic N) is 2. The standard InChI is InChI=1S/C14H18ClFN2OS/c1-10(7-9-20(2)19)18-12-5-3-4-11(16)14(12)17-13(18)6-8-15/h3-5,10H,6-9H2,1-2H3. The van der Waals surface area contributed by atoms with Crippen molar-refractivity contribution in [2.24, 2.45) is 0 Å². The summed E-state index contributed by atoms with van der Waals surface area (Å²) in [6.07, 6.45) is 3.05. The fourth-order valence-corrected chi connectivity index (χ4v) is 3.19. The van der Waals surface area contributed by atoms with Gasteiger partial charge in [-0.25, -0.2) is 9.37 Å². The van der Waals surface area contributed by atoms with Gasteiger partial charge in [0.25, 0.3) is 0 Å². The minimum atomic E-state index is -0.830. The summed E-state index contributed by atoms with van der Waals surface area (Å²) in [7, 11) is -0.830. The normalized spacial score (nSPS) is 14.6. The van der Waals surface area contributed by atoms with Crippen LogP contribution in [-0.2, 0) is 17.2 Å². The third kappa shape index (κ3) is 3.20. The maximum Gasteiger partial charge on any atom is 0.151 e. The van der Waals surface area contributed by atoms with Gasteiger partial charge in [0.15, 0.2) is 5.82 Å². The summed E-state index contributed by atoms with van der Waals surface area (Å²) in [5.74, 6) is 1.53. The summed E-state index contributed by atoms with van der Waals surface area (Å²) in [6.45, 7) is 2.04. The molecular formula is C14H18ClFN2OS. The lowest BCUT2D eigenvalue weighted by atomic mass is 10.2. The van der Waals surface area contributed by atoms with E-state index < -0.39 is 10.8 Å². The van der Waals surface area contributed by atoms with Crippen LogP contribution >= 0.6 is 11.6 Å². The maximum atomic E-state index is 13.8. The smallest absolute Gasteiger partial charge is 0.151 e. The number of fused-ring (bicyclic) bond motifs is 1. The second-order valence-electron chi connectivity index (χ2n) is 4.86. The highest BCUT2D eigenvalue weighted by Crippen LogP contribution is 2.25. The van der Waals surface area contributed by atoms with E-state index in [9.17, 15) is 8.60 Å². The number of para-hydroxylation sites is 1. The zero-order valence-corrected chi connectivity index (χ0v) is 13.2. The highest BCUT2D eigenvalue weighted by molar-refractivity contribution is 7.84. The molecule has 0 aliphatic rings. The molecule has 1 heterocycles. The molecular weight excluding hydrogens is 299 g/mol. The van der Waals surface area contributed by atoms with Crippen molar-refractivity contribution in [3.63, 3.8) is 0 Å². The van der Waals surface area contributed by atoms with Crippen molar-refractivity contribution < 1.29 is 8.60 Å². The molecule has 0 radical (unpaired) electrons. The van der Waals surface area contributed by atoms with Crippen molar-refractivity contribution in [3.8, 4) is 0 Å². The van der Waals surface area contributed by atoms with Gasteiger partial charge in [-0.2, -0.15) is 0 Å². The highest BCUT2D eigenvalue weighted by Gasteiger charge is 2.17. The predicted octanol–water partition coefficient (Wildman–Crippen LogP) is 3.29. The number of aromatic nitrogens is 2. The maximum absolute atomic E-state index is 13.8. The zero-order chi connectivity index (χ0) is 14.7. The van der Waals surface area contributed by atoms with Crippen LogP contribution in [0.4, 0.5) is 4.39 Å². The molecule has 6 heteroatoms. The Hall–Kier alpha value is -0.940. The van der Waals surface area contributed by atoms with Crippen LogP contribution in [0.2, 0.25) is 0 Å². The SMILES string of the molecule is CC(CCS(C)=O)n1c(CCCl)nc2c(F)cccc21. The van der Waals surface area contributed by atoms with E-state index in [4.69, 9.17) is 11.6 Å². The fraction of sp³-hybridized carbons (Fsp3) is 0.500. The van der Waals surface area contributed by atoms with Gasteiger partial charge in [-0.3, -0.25) is 4.21 Å². The van der Waals surface area contributed by atoms with Crippen molar-refractivity contribution in [1.82, 2.24) is 9.55 Å². The summed E-state index contributed by atoms with van der Waals surface area (Å²) in [5.41, 5.74) is 1.16. The third-order valence-corrected chi connectivity index (χ3v) is 4.33. The van der Waals surface area contributed by atoms with E-state index in [1.165, 1.54) is 6.07 Å². The molecule has 2 rings (SSSR count). The van der Waals surface area contributed by atoms with E-state index in [1.807, 2.05) is 17.6 Å². The Kier molecular flexibility index (Phi) is 5.16. The number of benzene rings is 1. The van der Waals surface area contributed by atoms with Gasteiger partial charge in [0.1, 0.15) is 11.3 Å². The molecule has 0 spiro atoms. The molecule has 0 bridgehead atoms. The second-order valence-corrected chi connectivity index (χ2v) is 6.79. The van der Waals surface area contributed by atoms with Crippen molar-refractivity contribution in [3.05, 3.63) is 29.8 Å². The van der Waals surface area contributed by atoms with Gasteiger partial charge in [0, 0.05) is 41.2 Å². The molecule has 0 aliphatic heterocycles. The number of aryl methyl sites for hydroxylation is 1. The Balaban J connectivity index is 2.45. The first kappa shape index (κ1) is 15.4. The monoisotopic (exact) mass is 316 g/mol. The molecule has 2 atom stereocenters. The Labute approximate surface area is 125 Å². The summed E-state index contributed by atoms with van der Waals surface area (Å²) in [4.78, 5) is 4.38. The molecule has 0 N–H and O–H groups in total. The molecule has 110 valence electrons. The highest BCUT2D eigenvalue weighted by atomic mass is 35.5. The lowest BCUT2D eigenvalue weighted by Crippen LogP contribution is -2.12. The number of halogens is 2. The van der Waals surface area contributed by atoms with E-state index in [-0.39, 0.29) is 11.9 Å². The molecule has 2 unspecified atom stereocenters. The van der Waals surface area contributed by atoms with Gasteiger partial charge in [0.05, 0.1) is 5.52 Å². The van der Waals surface area contributed by atoms with Gasteiger partial charge < -0.3 is 4.57 Å². The molecule has 0 amide bonds. The molecule has 3 nitrogen and oxygen atoms in total. The first-order valence-electron chi connectivity index (χ1n) is 6.56. The van der Waals surface area contributed by atoms with Crippen LogP contribution in [0.15, 0.2) is 18.2 Å².